The van der Waals surface area contributed by atoms with E-state index in [0.29, 0.717) is 11.5 Å². The van der Waals surface area contributed by atoms with Crippen LogP contribution < -0.4 is 9.47 Å². The van der Waals surface area contributed by atoms with Crippen LogP contribution in [0.4, 0.5) is 0 Å². The smallest absolute Gasteiger partial charge is 0.161 e. The molecule has 0 radical (unpaired) electrons. The van der Waals surface area contributed by atoms with Crippen molar-refractivity contribution in [1.29, 1.82) is 0 Å². The fourth-order valence-corrected chi connectivity index (χ4v) is 1.88. The standard InChI is InChI=1S/C18H18O2/c1-4-14-5-7-15(8-6-14)9-10-16-11-12-17(19-2)18(13-16)20-3/h5-8,11-13H,4H2,1-3H3. The van der Waals surface area contributed by atoms with Gasteiger partial charge in [-0.3, -0.25) is 0 Å². The Morgan fingerprint density at radius 2 is 1.40 bits per heavy atom. The van der Waals surface area contributed by atoms with Gasteiger partial charge in [0.15, 0.2) is 11.5 Å². The quantitative estimate of drug-likeness (QED) is 0.789. The average molecular weight is 266 g/mol. The van der Waals surface area contributed by atoms with Gasteiger partial charge in [0, 0.05) is 11.1 Å². The maximum Gasteiger partial charge on any atom is 0.161 e. The van der Waals surface area contributed by atoms with Crippen molar-refractivity contribution >= 4 is 0 Å². The van der Waals surface area contributed by atoms with Gasteiger partial charge in [0.1, 0.15) is 0 Å². The summed E-state index contributed by atoms with van der Waals surface area (Å²) in [5.41, 5.74) is 3.24. The first-order valence-electron chi connectivity index (χ1n) is 6.59. The molecule has 102 valence electrons. The van der Waals surface area contributed by atoms with E-state index >= 15 is 0 Å². The topological polar surface area (TPSA) is 18.5 Å². The van der Waals surface area contributed by atoms with Crippen molar-refractivity contribution in [3.05, 3.63) is 59.2 Å². The van der Waals surface area contributed by atoms with E-state index in [2.05, 4.69) is 30.9 Å². The number of benzene rings is 2. The van der Waals surface area contributed by atoms with Gasteiger partial charge < -0.3 is 9.47 Å². The Morgan fingerprint density at radius 3 is 2.00 bits per heavy atom. The summed E-state index contributed by atoms with van der Waals surface area (Å²) in [7, 11) is 3.25. The number of methoxy groups -OCH3 is 2. The Labute approximate surface area is 120 Å². The lowest BCUT2D eigenvalue weighted by Crippen LogP contribution is -1.90. The third-order valence-electron chi connectivity index (χ3n) is 3.10. The predicted molar refractivity (Wildman–Crippen MR) is 81.3 cm³/mol. The Hall–Kier alpha value is -2.40. The predicted octanol–water partition coefficient (Wildman–Crippen LogP) is 3.67. The van der Waals surface area contributed by atoms with Gasteiger partial charge in [0.25, 0.3) is 0 Å². The van der Waals surface area contributed by atoms with Crippen LogP contribution in [0.2, 0.25) is 0 Å². The highest BCUT2D eigenvalue weighted by Gasteiger charge is 2.02. The van der Waals surface area contributed by atoms with Crippen LogP contribution in [0.5, 0.6) is 11.5 Å². The molecule has 2 aromatic carbocycles. The minimum atomic E-state index is 0.695. The van der Waals surface area contributed by atoms with E-state index in [-0.39, 0.29) is 0 Å². The number of aryl methyl sites for hydroxylation is 1. The number of rotatable bonds is 3. The Bertz CT molecular complexity index is 631. The fraction of sp³-hybridized carbons (Fsp3) is 0.222. The van der Waals surface area contributed by atoms with Crippen molar-refractivity contribution in [3.63, 3.8) is 0 Å². The van der Waals surface area contributed by atoms with Gasteiger partial charge in [-0.25, -0.2) is 0 Å². The zero-order chi connectivity index (χ0) is 14.4. The lowest BCUT2D eigenvalue weighted by atomic mass is 10.1. The molecular weight excluding hydrogens is 248 g/mol. The van der Waals surface area contributed by atoms with Crippen molar-refractivity contribution in [1.82, 2.24) is 0 Å². The number of hydrogen-bond donors (Lipinski definition) is 0. The zero-order valence-electron chi connectivity index (χ0n) is 12.1. The van der Waals surface area contributed by atoms with E-state index in [0.717, 1.165) is 17.5 Å². The molecular formula is C18H18O2. The molecule has 0 fully saturated rings. The van der Waals surface area contributed by atoms with Crippen molar-refractivity contribution in [3.8, 4) is 23.3 Å². The Kier molecular flexibility index (Phi) is 4.68. The molecule has 0 amide bonds. The van der Waals surface area contributed by atoms with E-state index in [4.69, 9.17) is 9.47 Å². The van der Waals surface area contributed by atoms with E-state index in [1.807, 2.05) is 30.3 Å². The third-order valence-corrected chi connectivity index (χ3v) is 3.10. The molecule has 0 saturated heterocycles. The summed E-state index contributed by atoms with van der Waals surface area (Å²) in [5.74, 6) is 7.70. The molecule has 2 rings (SSSR count). The van der Waals surface area contributed by atoms with Crippen LogP contribution in [0, 0.1) is 11.8 Å². The van der Waals surface area contributed by atoms with Gasteiger partial charge in [-0.2, -0.15) is 0 Å². The summed E-state index contributed by atoms with van der Waals surface area (Å²) in [5, 5.41) is 0. The van der Waals surface area contributed by atoms with Crippen LogP contribution in [-0.2, 0) is 6.42 Å². The van der Waals surface area contributed by atoms with Crippen molar-refractivity contribution in [2.24, 2.45) is 0 Å². The zero-order valence-corrected chi connectivity index (χ0v) is 12.1. The lowest BCUT2D eigenvalue weighted by Gasteiger charge is -2.06. The molecule has 0 bridgehead atoms. The highest BCUT2D eigenvalue weighted by molar-refractivity contribution is 5.50. The van der Waals surface area contributed by atoms with Crippen molar-refractivity contribution < 1.29 is 9.47 Å². The molecule has 0 aliphatic heterocycles. The van der Waals surface area contributed by atoms with Crippen LogP contribution in [0.3, 0.4) is 0 Å². The van der Waals surface area contributed by atoms with Gasteiger partial charge in [-0.1, -0.05) is 30.9 Å². The van der Waals surface area contributed by atoms with Crippen molar-refractivity contribution in [2.45, 2.75) is 13.3 Å². The minimum absolute atomic E-state index is 0.695. The van der Waals surface area contributed by atoms with Crippen molar-refractivity contribution in [2.75, 3.05) is 14.2 Å². The minimum Gasteiger partial charge on any atom is -0.493 e. The summed E-state index contributed by atoms with van der Waals surface area (Å²) in [4.78, 5) is 0. The molecule has 0 spiro atoms. The van der Waals surface area contributed by atoms with Crippen LogP contribution in [0.1, 0.15) is 23.6 Å². The molecule has 0 atom stereocenters. The number of ether oxygens (including phenoxy) is 2. The van der Waals surface area contributed by atoms with Gasteiger partial charge in [-0.15, -0.1) is 0 Å². The molecule has 0 saturated carbocycles. The van der Waals surface area contributed by atoms with E-state index in [1.54, 1.807) is 14.2 Å². The monoisotopic (exact) mass is 266 g/mol. The second kappa shape index (κ2) is 6.68. The molecule has 0 aliphatic carbocycles. The highest BCUT2D eigenvalue weighted by Crippen LogP contribution is 2.27. The second-order valence-corrected chi connectivity index (χ2v) is 4.37. The second-order valence-electron chi connectivity index (χ2n) is 4.37. The van der Waals surface area contributed by atoms with Crippen LogP contribution in [-0.4, -0.2) is 14.2 Å². The summed E-state index contributed by atoms with van der Waals surface area (Å²) < 4.78 is 10.5. The summed E-state index contributed by atoms with van der Waals surface area (Å²) >= 11 is 0. The summed E-state index contributed by atoms with van der Waals surface area (Å²) in [6, 6.07) is 14.0. The molecule has 0 N–H and O–H groups in total. The van der Waals surface area contributed by atoms with Crippen LogP contribution in [0.25, 0.3) is 0 Å². The molecule has 0 unspecified atom stereocenters. The SMILES string of the molecule is CCc1ccc(C#Cc2ccc(OC)c(OC)c2)cc1. The van der Waals surface area contributed by atoms with Gasteiger partial charge in [-0.05, 0) is 42.3 Å². The molecule has 0 aliphatic rings. The first-order chi connectivity index (χ1) is 9.76. The highest BCUT2D eigenvalue weighted by atomic mass is 16.5. The first kappa shape index (κ1) is 14.0. The number of hydrogen-bond acceptors (Lipinski definition) is 2. The van der Waals surface area contributed by atoms with Gasteiger partial charge >= 0.3 is 0 Å². The van der Waals surface area contributed by atoms with E-state index < -0.39 is 0 Å². The molecule has 2 aromatic rings. The van der Waals surface area contributed by atoms with Crippen LogP contribution in [0.15, 0.2) is 42.5 Å². The Balaban J connectivity index is 2.23. The molecule has 2 heteroatoms. The molecule has 0 heterocycles. The van der Waals surface area contributed by atoms with E-state index in [1.165, 1.54) is 5.56 Å². The molecule has 0 aromatic heterocycles. The average Bonchev–Trinajstić information content (AvgIpc) is 2.53. The fourth-order valence-electron chi connectivity index (χ4n) is 1.88. The molecule has 20 heavy (non-hydrogen) atoms. The maximum absolute atomic E-state index is 5.27. The summed E-state index contributed by atoms with van der Waals surface area (Å²) in [6.45, 7) is 2.14. The van der Waals surface area contributed by atoms with Crippen LogP contribution >= 0.6 is 0 Å². The lowest BCUT2D eigenvalue weighted by molar-refractivity contribution is 0.355. The van der Waals surface area contributed by atoms with Gasteiger partial charge in [0.05, 0.1) is 14.2 Å². The summed E-state index contributed by atoms with van der Waals surface area (Å²) in [6.07, 6.45) is 1.05. The third kappa shape index (κ3) is 3.33. The Morgan fingerprint density at radius 1 is 0.800 bits per heavy atom. The first-order valence-corrected chi connectivity index (χ1v) is 6.59. The molecule has 2 nitrogen and oxygen atoms in total. The van der Waals surface area contributed by atoms with E-state index in [9.17, 15) is 0 Å². The normalized spacial score (nSPS) is 9.55. The maximum atomic E-state index is 5.27. The van der Waals surface area contributed by atoms with Gasteiger partial charge in [0.2, 0.25) is 0 Å². The largest absolute Gasteiger partial charge is 0.493 e.